The maximum absolute atomic E-state index is 6.16. The van der Waals surface area contributed by atoms with Gasteiger partial charge in [0, 0.05) is 42.4 Å². The molecule has 5 nitrogen and oxygen atoms in total. The predicted molar refractivity (Wildman–Crippen MR) is 162 cm³/mol. The van der Waals surface area contributed by atoms with E-state index in [0.29, 0.717) is 28.9 Å². The number of hydrogen-bond donors (Lipinski definition) is 0. The summed E-state index contributed by atoms with van der Waals surface area (Å²) >= 11 is 1.77. The van der Waals surface area contributed by atoms with Crippen molar-refractivity contribution in [1.82, 2.24) is 19.9 Å². The summed E-state index contributed by atoms with van der Waals surface area (Å²) in [4.78, 5) is 19.6. The molecule has 5 aromatic carbocycles. The quantitative estimate of drug-likeness (QED) is 0.226. The zero-order valence-corrected chi connectivity index (χ0v) is 22.0. The molecule has 0 unspecified atom stereocenters. The summed E-state index contributed by atoms with van der Waals surface area (Å²) < 4.78 is 8.56. The highest BCUT2D eigenvalue weighted by molar-refractivity contribution is 7.26. The molecular weight excluding hydrogens is 512 g/mol. The Kier molecular flexibility index (Phi) is 5.24. The summed E-state index contributed by atoms with van der Waals surface area (Å²) in [6.07, 6.45) is 0. The Labute approximate surface area is 233 Å². The van der Waals surface area contributed by atoms with Crippen LogP contribution in [0.2, 0.25) is 0 Å². The number of oxazole rings is 1. The van der Waals surface area contributed by atoms with Crippen molar-refractivity contribution in [2.45, 2.75) is 0 Å². The van der Waals surface area contributed by atoms with Gasteiger partial charge in [-0.15, -0.1) is 11.3 Å². The molecule has 0 aliphatic carbocycles. The Hall–Kier alpha value is -5.20. The maximum atomic E-state index is 6.16. The fraction of sp³-hybridized carbons (Fsp3) is 0. The molecule has 0 saturated heterocycles. The van der Waals surface area contributed by atoms with Gasteiger partial charge in [-0.25, -0.2) is 19.9 Å². The normalized spacial score (nSPS) is 11.5. The molecule has 0 saturated carbocycles. The number of benzene rings is 5. The van der Waals surface area contributed by atoms with Crippen molar-refractivity contribution in [3.05, 3.63) is 121 Å². The van der Waals surface area contributed by atoms with E-state index in [2.05, 4.69) is 47.4 Å². The minimum Gasteiger partial charge on any atom is -0.436 e. The second kappa shape index (κ2) is 9.22. The van der Waals surface area contributed by atoms with Gasteiger partial charge in [0.05, 0.1) is 0 Å². The molecule has 0 aliphatic heterocycles. The molecule has 6 heteroatoms. The summed E-state index contributed by atoms with van der Waals surface area (Å²) in [6.45, 7) is 0. The number of hydrogen-bond acceptors (Lipinski definition) is 6. The van der Waals surface area contributed by atoms with E-state index in [1.54, 1.807) is 11.3 Å². The first-order chi connectivity index (χ1) is 19.8. The van der Waals surface area contributed by atoms with Crippen LogP contribution in [0, 0.1) is 0 Å². The van der Waals surface area contributed by atoms with Crippen LogP contribution in [0.4, 0.5) is 0 Å². The number of aromatic nitrogens is 4. The lowest BCUT2D eigenvalue weighted by Crippen LogP contribution is -2.00. The molecule has 8 aromatic rings. The second-order valence-corrected chi connectivity index (χ2v) is 10.6. The van der Waals surface area contributed by atoms with Crippen LogP contribution in [0.1, 0.15) is 0 Å². The van der Waals surface area contributed by atoms with Gasteiger partial charge in [0.25, 0.3) is 0 Å². The summed E-state index contributed by atoms with van der Waals surface area (Å²) in [5.74, 6) is 2.44. The minimum absolute atomic E-state index is 0.585. The van der Waals surface area contributed by atoms with E-state index >= 15 is 0 Å². The van der Waals surface area contributed by atoms with E-state index in [-0.39, 0.29) is 0 Å². The van der Waals surface area contributed by atoms with E-state index in [1.165, 1.54) is 15.5 Å². The van der Waals surface area contributed by atoms with Crippen LogP contribution < -0.4 is 0 Å². The van der Waals surface area contributed by atoms with E-state index in [4.69, 9.17) is 19.4 Å². The number of rotatable bonds is 4. The lowest BCUT2D eigenvalue weighted by molar-refractivity contribution is 0.620. The fourth-order valence-corrected chi connectivity index (χ4v) is 6.24. The van der Waals surface area contributed by atoms with E-state index < -0.39 is 0 Å². The number of thiophene rings is 1. The van der Waals surface area contributed by atoms with Gasteiger partial charge in [-0.2, -0.15) is 0 Å². The summed E-state index contributed by atoms with van der Waals surface area (Å²) in [5.41, 5.74) is 5.18. The number of fused-ring (bicyclic) bond motifs is 4. The summed E-state index contributed by atoms with van der Waals surface area (Å²) in [5, 5.41) is 2.45. The van der Waals surface area contributed by atoms with Gasteiger partial charge >= 0.3 is 0 Å². The second-order valence-electron chi connectivity index (χ2n) is 9.52. The molecule has 0 atom stereocenters. The van der Waals surface area contributed by atoms with Gasteiger partial charge in [0.15, 0.2) is 23.1 Å². The highest BCUT2D eigenvalue weighted by Crippen LogP contribution is 2.39. The zero-order chi connectivity index (χ0) is 26.5. The van der Waals surface area contributed by atoms with E-state index in [1.807, 2.05) is 78.9 Å². The highest BCUT2D eigenvalue weighted by atomic mass is 32.1. The smallest absolute Gasteiger partial charge is 0.227 e. The van der Waals surface area contributed by atoms with Crippen molar-refractivity contribution < 1.29 is 4.42 Å². The first-order valence-electron chi connectivity index (χ1n) is 13.0. The first kappa shape index (κ1) is 22.8. The van der Waals surface area contributed by atoms with E-state index in [0.717, 1.165) is 32.5 Å². The molecule has 8 rings (SSSR count). The summed E-state index contributed by atoms with van der Waals surface area (Å²) in [7, 11) is 0. The van der Waals surface area contributed by atoms with Gasteiger partial charge in [0.2, 0.25) is 5.89 Å². The lowest BCUT2D eigenvalue weighted by Gasteiger charge is -2.09. The third-order valence-electron chi connectivity index (χ3n) is 6.98. The van der Waals surface area contributed by atoms with Gasteiger partial charge in [-0.05, 0) is 42.5 Å². The van der Waals surface area contributed by atoms with Gasteiger partial charge in [-0.3, -0.25) is 0 Å². The average molecular weight is 533 g/mol. The molecule has 0 N–H and O–H groups in total. The average Bonchev–Trinajstić information content (AvgIpc) is 3.63. The van der Waals surface area contributed by atoms with Crippen molar-refractivity contribution in [3.63, 3.8) is 0 Å². The van der Waals surface area contributed by atoms with Crippen LogP contribution in [0.3, 0.4) is 0 Å². The highest BCUT2D eigenvalue weighted by Gasteiger charge is 2.17. The first-order valence-corrected chi connectivity index (χ1v) is 13.8. The van der Waals surface area contributed by atoms with Crippen LogP contribution in [0.15, 0.2) is 126 Å². The third-order valence-corrected chi connectivity index (χ3v) is 8.20. The molecule has 0 spiro atoms. The molecule has 0 amide bonds. The zero-order valence-electron chi connectivity index (χ0n) is 21.2. The Morgan fingerprint density at radius 1 is 0.500 bits per heavy atom. The van der Waals surface area contributed by atoms with Crippen molar-refractivity contribution in [2.24, 2.45) is 0 Å². The van der Waals surface area contributed by atoms with E-state index in [9.17, 15) is 0 Å². The Bertz CT molecular complexity index is 2170. The largest absolute Gasteiger partial charge is 0.436 e. The molecule has 188 valence electrons. The monoisotopic (exact) mass is 532 g/mol. The third kappa shape index (κ3) is 3.85. The predicted octanol–water partition coefficient (Wildman–Crippen LogP) is 9.05. The standard InChI is InChI=1S/C34H20N4OS/c1-3-10-21(11-4-1)31-36-32(23-18-19-27-28(20-23)39-34(35-27)22-12-5-2-6-13-22)38-33(37-31)26-16-9-15-25-24-14-7-8-17-29(24)40-30(25)26/h1-20H. The van der Waals surface area contributed by atoms with Crippen LogP contribution in [0.25, 0.3) is 76.9 Å². The van der Waals surface area contributed by atoms with Gasteiger partial charge in [0.1, 0.15) is 5.52 Å². The van der Waals surface area contributed by atoms with Crippen LogP contribution in [-0.2, 0) is 0 Å². The van der Waals surface area contributed by atoms with Gasteiger partial charge < -0.3 is 4.42 Å². The van der Waals surface area contributed by atoms with Crippen LogP contribution in [-0.4, -0.2) is 19.9 Å². The SMILES string of the molecule is c1ccc(-c2nc(-c3ccc4nc(-c5ccccc5)oc4c3)nc(-c3cccc4c3sc3ccccc34)n2)cc1. The van der Waals surface area contributed by atoms with Crippen molar-refractivity contribution in [1.29, 1.82) is 0 Å². The Balaban J connectivity index is 1.32. The molecule has 0 bridgehead atoms. The lowest BCUT2D eigenvalue weighted by atomic mass is 10.1. The molecule has 3 aromatic heterocycles. The molecule has 0 aliphatic rings. The van der Waals surface area contributed by atoms with Crippen LogP contribution >= 0.6 is 11.3 Å². The van der Waals surface area contributed by atoms with Gasteiger partial charge in [-0.1, -0.05) is 78.9 Å². The minimum atomic E-state index is 0.585. The summed E-state index contributed by atoms with van der Waals surface area (Å²) in [6, 6.07) is 40.7. The maximum Gasteiger partial charge on any atom is 0.227 e. The topological polar surface area (TPSA) is 64.7 Å². The Morgan fingerprint density at radius 2 is 1.18 bits per heavy atom. The van der Waals surface area contributed by atoms with Crippen LogP contribution in [0.5, 0.6) is 0 Å². The molecule has 0 fully saturated rings. The fourth-order valence-electron chi connectivity index (χ4n) is 5.03. The van der Waals surface area contributed by atoms with Crippen molar-refractivity contribution >= 4 is 42.6 Å². The Morgan fingerprint density at radius 3 is 2.00 bits per heavy atom. The molecule has 3 heterocycles. The van der Waals surface area contributed by atoms with Crippen molar-refractivity contribution in [3.8, 4) is 45.6 Å². The number of nitrogens with zero attached hydrogens (tertiary/aromatic N) is 4. The molecule has 40 heavy (non-hydrogen) atoms. The molecule has 0 radical (unpaired) electrons. The van der Waals surface area contributed by atoms with Crippen molar-refractivity contribution in [2.75, 3.05) is 0 Å². The molecular formula is C34H20N4OS.